The molecule has 0 aliphatic carbocycles. The topological polar surface area (TPSA) is 50.2 Å². The average molecular weight is 433 g/mol. The highest BCUT2D eigenvalue weighted by Gasteiger charge is 2.30. The SMILES string of the molecule is CCc1nn2c(=O)c(C)c(-c3ccc(C(F)(F)F)cc3)[nH]c2c1-c1ccc(F)cc1F. The van der Waals surface area contributed by atoms with E-state index in [9.17, 15) is 26.7 Å². The minimum atomic E-state index is -4.49. The molecule has 0 amide bonds. The molecule has 0 aliphatic heterocycles. The quantitative estimate of drug-likeness (QED) is 0.433. The molecule has 0 unspecified atom stereocenters. The molecule has 9 heteroatoms. The summed E-state index contributed by atoms with van der Waals surface area (Å²) in [4.78, 5) is 16.0. The first kappa shape index (κ1) is 20.8. The molecular weight excluding hydrogens is 417 g/mol. The molecule has 2 aromatic heterocycles. The van der Waals surface area contributed by atoms with E-state index in [4.69, 9.17) is 0 Å². The van der Waals surface area contributed by atoms with Crippen LogP contribution in [0.3, 0.4) is 0 Å². The van der Waals surface area contributed by atoms with Crippen LogP contribution in [0.1, 0.15) is 23.7 Å². The number of alkyl halides is 3. The number of aromatic nitrogens is 3. The molecule has 0 aliphatic rings. The van der Waals surface area contributed by atoms with Crippen LogP contribution < -0.4 is 5.56 Å². The number of fused-ring (bicyclic) bond motifs is 1. The van der Waals surface area contributed by atoms with Crippen LogP contribution in [0.15, 0.2) is 47.3 Å². The molecule has 2 aromatic carbocycles. The minimum Gasteiger partial charge on any atom is -0.339 e. The fourth-order valence-corrected chi connectivity index (χ4v) is 3.54. The summed E-state index contributed by atoms with van der Waals surface area (Å²) in [6, 6.07) is 7.46. The van der Waals surface area contributed by atoms with E-state index >= 15 is 0 Å². The van der Waals surface area contributed by atoms with Crippen molar-refractivity contribution in [3.63, 3.8) is 0 Å². The maximum absolute atomic E-state index is 14.5. The number of benzene rings is 2. The number of rotatable bonds is 3. The lowest BCUT2D eigenvalue weighted by Crippen LogP contribution is -2.19. The first-order chi connectivity index (χ1) is 14.6. The predicted molar refractivity (Wildman–Crippen MR) is 106 cm³/mol. The van der Waals surface area contributed by atoms with Gasteiger partial charge in [0.2, 0.25) is 0 Å². The van der Waals surface area contributed by atoms with Crippen molar-refractivity contribution in [3.8, 4) is 22.4 Å². The highest BCUT2D eigenvalue weighted by atomic mass is 19.4. The molecule has 31 heavy (non-hydrogen) atoms. The molecule has 0 saturated carbocycles. The van der Waals surface area contributed by atoms with E-state index < -0.39 is 28.9 Å². The largest absolute Gasteiger partial charge is 0.416 e. The Kier molecular flexibility index (Phi) is 4.91. The van der Waals surface area contributed by atoms with Crippen LogP contribution in [-0.2, 0) is 12.6 Å². The fourth-order valence-electron chi connectivity index (χ4n) is 3.54. The van der Waals surface area contributed by atoms with E-state index in [1.165, 1.54) is 25.1 Å². The Balaban J connectivity index is 1.99. The number of nitrogens with zero attached hydrogens (tertiary/aromatic N) is 2. The first-order valence-electron chi connectivity index (χ1n) is 9.39. The zero-order valence-electron chi connectivity index (χ0n) is 16.4. The number of aromatic amines is 1. The third kappa shape index (κ3) is 3.49. The highest BCUT2D eigenvalue weighted by Crippen LogP contribution is 2.33. The summed E-state index contributed by atoms with van der Waals surface area (Å²) in [7, 11) is 0. The Bertz CT molecular complexity index is 1350. The summed E-state index contributed by atoms with van der Waals surface area (Å²) in [5.74, 6) is -1.56. The van der Waals surface area contributed by atoms with E-state index in [1.807, 2.05) is 0 Å². The molecule has 4 nitrogen and oxygen atoms in total. The van der Waals surface area contributed by atoms with Crippen molar-refractivity contribution in [2.75, 3.05) is 0 Å². The van der Waals surface area contributed by atoms with Crippen LogP contribution in [0.2, 0.25) is 0 Å². The van der Waals surface area contributed by atoms with Crippen LogP contribution in [0.25, 0.3) is 28.0 Å². The smallest absolute Gasteiger partial charge is 0.339 e. The lowest BCUT2D eigenvalue weighted by atomic mass is 10.0. The van der Waals surface area contributed by atoms with Crippen molar-refractivity contribution in [3.05, 3.63) is 81.3 Å². The van der Waals surface area contributed by atoms with Crippen LogP contribution in [-0.4, -0.2) is 14.6 Å². The molecular formula is C22H16F5N3O. The Labute approximate surface area is 173 Å². The predicted octanol–water partition coefficient (Wildman–Crippen LogP) is 5.52. The summed E-state index contributed by atoms with van der Waals surface area (Å²) in [5.41, 5.74) is 0.527. The van der Waals surface area contributed by atoms with Crippen molar-refractivity contribution in [2.24, 2.45) is 0 Å². The van der Waals surface area contributed by atoms with Crippen LogP contribution in [0.5, 0.6) is 0 Å². The van der Waals surface area contributed by atoms with Gasteiger partial charge in [0.05, 0.1) is 22.5 Å². The third-order valence-corrected chi connectivity index (χ3v) is 5.13. The minimum absolute atomic E-state index is 0.0612. The van der Waals surface area contributed by atoms with E-state index in [2.05, 4.69) is 10.1 Å². The van der Waals surface area contributed by atoms with Gasteiger partial charge in [-0.05, 0) is 43.2 Å². The molecule has 0 saturated heterocycles. The van der Waals surface area contributed by atoms with E-state index in [-0.39, 0.29) is 22.5 Å². The first-order valence-corrected chi connectivity index (χ1v) is 9.39. The van der Waals surface area contributed by atoms with Crippen LogP contribution >= 0.6 is 0 Å². The van der Waals surface area contributed by atoms with Gasteiger partial charge >= 0.3 is 6.18 Å². The molecule has 2 heterocycles. The van der Waals surface area contributed by atoms with Gasteiger partial charge in [-0.2, -0.15) is 22.8 Å². The van der Waals surface area contributed by atoms with Crippen molar-refractivity contribution in [2.45, 2.75) is 26.4 Å². The van der Waals surface area contributed by atoms with Gasteiger partial charge < -0.3 is 4.98 Å². The lowest BCUT2D eigenvalue weighted by Gasteiger charge is -2.11. The lowest BCUT2D eigenvalue weighted by molar-refractivity contribution is -0.137. The van der Waals surface area contributed by atoms with Crippen LogP contribution in [0.4, 0.5) is 22.0 Å². The van der Waals surface area contributed by atoms with Gasteiger partial charge in [-0.3, -0.25) is 4.79 Å². The number of aryl methyl sites for hydroxylation is 1. The molecule has 4 aromatic rings. The van der Waals surface area contributed by atoms with Gasteiger partial charge in [-0.15, -0.1) is 0 Å². The molecule has 0 fully saturated rings. The highest BCUT2D eigenvalue weighted by molar-refractivity contribution is 5.82. The number of nitrogens with one attached hydrogen (secondary N) is 1. The van der Waals surface area contributed by atoms with Gasteiger partial charge in [0.25, 0.3) is 5.56 Å². The molecule has 0 radical (unpaired) electrons. The fraction of sp³-hybridized carbons (Fsp3) is 0.182. The molecule has 4 rings (SSSR count). The zero-order valence-corrected chi connectivity index (χ0v) is 16.4. The number of halogens is 5. The van der Waals surface area contributed by atoms with Gasteiger partial charge in [0.15, 0.2) is 0 Å². The summed E-state index contributed by atoms with van der Waals surface area (Å²) >= 11 is 0. The summed E-state index contributed by atoms with van der Waals surface area (Å²) in [5, 5.41) is 4.28. The third-order valence-electron chi connectivity index (χ3n) is 5.13. The molecule has 0 spiro atoms. The van der Waals surface area contributed by atoms with Gasteiger partial charge in [-0.25, -0.2) is 8.78 Å². The molecule has 160 valence electrons. The Hall–Kier alpha value is -3.49. The summed E-state index contributed by atoms with van der Waals surface area (Å²) in [6.07, 6.45) is -4.12. The molecule has 0 bridgehead atoms. The van der Waals surface area contributed by atoms with E-state index in [0.29, 0.717) is 23.2 Å². The van der Waals surface area contributed by atoms with Crippen molar-refractivity contribution in [1.82, 2.24) is 14.6 Å². The normalized spacial score (nSPS) is 12.0. The summed E-state index contributed by atoms with van der Waals surface area (Å²) in [6.45, 7) is 3.30. The maximum atomic E-state index is 14.5. The Morgan fingerprint density at radius 1 is 1.06 bits per heavy atom. The Morgan fingerprint density at radius 2 is 1.74 bits per heavy atom. The van der Waals surface area contributed by atoms with Gasteiger partial charge in [0.1, 0.15) is 17.3 Å². The van der Waals surface area contributed by atoms with E-state index in [0.717, 1.165) is 28.8 Å². The number of hydrogen-bond acceptors (Lipinski definition) is 2. The molecule has 1 N–H and O–H groups in total. The van der Waals surface area contributed by atoms with Crippen molar-refractivity contribution in [1.29, 1.82) is 0 Å². The van der Waals surface area contributed by atoms with E-state index in [1.54, 1.807) is 6.92 Å². The Morgan fingerprint density at radius 3 is 2.32 bits per heavy atom. The van der Waals surface area contributed by atoms with Gasteiger partial charge in [-0.1, -0.05) is 19.1 Å². The second kappa shape index (κ2) is 7.33. The van der Waals surface area contributed by atoms with Crippen molar-refractivity contribution >= 4 is 5.65 Å². The monoisotopic (exact) mass is 433 g/mol. The zero-order chi connectivity index (χ0) is 22.5. The second-order valence-corrected chi connectivity index (χ2v) is 7.07. The van der Waals surface area contributed by atoms with Crippen molar-refractivity contribution < 1.29 is 22.0 Å². The number of H-pyrrole nitrogens is 1. The molecule has 0 atom stereocenters. The maximum Gasteiger partial charge on any atom is 0.416 e. The second-order valence-electron chi connectivity index (χ2n) is 7.07. The summed E-state index contributed by atoms with van der Waals surface area (Å²) < 4.78 is 67.7. The standard InChI is InChI=1S/C22H16F5N3O/c1-3-17-18(15-9-8-14(23)10-16(15)24)20-28-19(11(2)21(31)30(20)29-17)12-4-6-13(7-5-12)22(25,26)27/h4-10,28H,3H2,1-2H3. The number of hydrogen-bond donors (Lipinski definition) is 1. The van der Waals surface area contributed by atoms with Crippen LogP contribution in [0, 0.1) is 18.6 Å². The van der Waals surface area contributed by atoms with Gasteiger partial charge in [0, 0.05) is 17.2 Å². The average Bonchev–Trinajstić information content (AvgIpc) is 3.09.